The Morgan fingerprint density at radius 2 is 1.96 bits per heavy atom. The van der Waals surface area contributed by atoms with Crippen LogP contribution < -0.4 is 0 Å². The Hall–Kier alpha value is -1.88. The van der Waals surface area contributed by atoms with Gasteiger partial charge >= 0.3 is 0 Å². The summed E-state index contributed by atoms with van der Waals surface area (Å²) in [5.74, 6) is 1.09. The number of hydrogen-bond donors (Lipinski definition) is 0. The first-order valence-electron chi connectivity index (χ1n) is 10.8. The van der Waals surface area contributed by atoms with Gasteiger partial charge in [-0.2, -0.15) is 0 Å². The number of piperazine rings is 1. The van der Waals surface area contributed by atoms with Crippen LogP contribution in [-0.4, -0.2) is 71.8 Å². The lowest BCUT2D eigenvalue weighted by Crippen LogP contribution is -2.56. The van der Waals surface area contributed by atoms with Crippen molar-refractivity contribution in [1.29, 1.82) is 0 Å². The molecule has 2 amide bonds. The zero-order valence-corrected chi connectivity index (χ0v) is 17.5. The van der Waals surface area contributed by atoms with E-state index in [0.29, 0.717) is 18.9 Å². The molecule has 0 aromatic heterocycles. The van der Waals surface area contributed by atoms with Crippen molar-refractivity contribution in [3.8, 4) is 0 Å². The van der Waals surface area contributed by atoms with Gasteiger partial charge in [0.1, 0.15) is 0 Å². The van der Waals surface area contributed by atoms with Gasteiger partial charge in [0, 0.05) is 51.7 Å². The Labute approximate surface area is 168 Å². The highest BCUT2D eigenvalue weighted by Crippen LogP contribution is 2.44. The van der Waals surface area contributed by atoms with E-state index in [9.17, 15) is 9.59 Å². The Bertz CT molecular complexity index is 754. The average molecular weight is 384 g/mol. The molecule has 152 valence electrons. The molecule has 2 atom stereocenters. The van der Waals surface area contributed by atoms with Crippen LogP contribution in [0.2, 0.25) is 0 Å². The smallest absolute Gasteiger partial charge is 0.235 e. The van der Waals surface area contributed by atoms with E-state index >= 15 is 0 Å². The van der Waals surface area contributed by atoms with Crippen molar-refractivity contribution in [2.45, 2.75) is 51.5 Å². The normalized spacial score (nSPS) is 28.3. The fourth-order valence-electron chi connectivity index (χ4n) is 5.36. The van der Waals surface area contributed by atoms with Crippen molar-refractivity contribution < 1.29 is 9.59 Å². The highest BCUT2D eigenvalue weighted by molar-refractivity contribution is 5.91. The van der Waals surface area contributed by atoms with Gasteiger partial charge in [-0.3, -0.25) is 14.5 Å². The van der Waals surface area contributed by atoms with Crippen LogP contribution in [0.5, 0.6) is 0 Å². The van der Waals surface area contributed by atoms with Gasteiger partial charge in [-0.15, -0.1) is 0 Å². The maximum atomic E-state index is 13.9. The summed E-state index contributed by atoms with van der Waals surface area (Å²) in [4.78, 5) is 32.8. The number of fused-ring (bicyclic) bond motifs is 1. The summed E-state index contributed by atoms with van der Waals surface area (Å²) in [6.07, 6.45) is 2.30. The lowest BCUT2D eigenvalue weighted by molar-refractivity contribution is -0.139. The third kappa shape index (κ3) is 3.45. The fraction of sp³-hybridized carbons (Fsp3) is 0.652. The number of hydrogen-bond acceptors (Lipinski definition) is 3. The van der Waals surface area contributed by atoms with Crippen LogP contribution in [0.25, 0.3) is 0 Å². The third-order valence-electron chi connectivity index (χ3n) is 6.74. The van der Waals surface area contributed by atoms with Crippen LogP contribution in [0.15, 0.2) is 24.3 Å². The van der Waals surface area contributed by atoms with Crippen molar-refractivity contribution >= 4 is 11.8 Å². The van der Waals surface area contributed by atoms with Crippen LogP contribution in [0.1, 0.15) is 44.2 Å². The van der Waals surface area contributed by atoms with Gasteiger partial charge in [-0.25, -0.2) is 0 Å². The maximum absolute atomic E-state index is 13.9. The zero-order chi connectivity index (χ0) is 19.9. The number of rotatable bonds is 4. The molecule has 1 aromatic carbocycles. The lowest BCUT2D eigenvalue weighted by Gasteiger charge is -2.40. The molecule has 0 saturated carbocycles. The Kier molecular flexibility index (Phi) is 5.21. The average Bonchev–Trinajstić information content (AvgIpc) is 3.21. The van der Waals surface area contributed by atoms with Crippen molar-refractivity contribution in [3.05, 3.63) is 35.4 Å². The van der Waals surface area contributed by atoms with E-state index in [1.807, 2.05) is 11.0 Å². The van der Waals surface area contributed by atoms with Crippen LogP contribution in [0, 0.1) is 12.8 Å². The van der Waals surface area contributed by atoms with Gasteiger partial charge in [-0.1, -0.05) is 43.7 Å². The summed E-state index contributed by atoms with van der Waals surface area (Å²) in [5, 5.41) is 0. The van der Waals surface area contributed by atoms with Crippen LogP contribution in [0.4, 0.5) is 0 Å². The molecule has 0 spiro atoms. The number of carbonyl (C=O) groups is 2. The van der Waals surface area contributed by atoms with E-state index in [1.54, 1.807) is 0 Å². The number of carbonyl (C=O) groups excluding carboxylic acids is 2. The highest BCUT2D eigenvalue weighted by atomic mass is 16.2. The predicted molar refractivity (Wildman–Crippen MR) is 110 cm³/mol. The SMILES string of the molecule is Cc1cccc([C@]2(C(=O)N3CCN(CC(C)C)CC3)C[C@@H]3CCC(=O)N3C2)c1. The summed E-state index contributed by atoms with van der Waals surface area (Å²) in [6, 6.07) is 8.59. The molecule has 4 rings (SSSR count). The second-order valence-corrected chi connectivity index (χ2v) is 9.36. The lowest BCUT2D eigenvalue weighted by atomic mass is 9.76. The van der Waals surface area contributed by atoms with E-state index in [2.05, 4.69) is 48.8 Å². The highest BCUT2D eigenvalue weighted by Gasteiger charge is 2.55. The molecule has 3 saturated heterocycles. The molecule has 3 fully saturated rings. The Morgan fingerprint density at radius 1 is 1.21 bits per heavy atom. The minimum atomic E-state index is -0.576. The Morgan fingerprint density at radius 3 is 2.61 bits per heavy atom. The van der Waals surface area contributed by atoms with Gasteiger partial charge in [-0.05, 0) is 31.2 Å². The quantitative estimate of drug-likeness (QED) is 0.802. The molecule has 28 heavy (non-hydrogen) atoms. The van der Waals surface area contributed by atoms with Gasteiger partial charge in [0.15, 0.2) is 0 Å². The van der Waals surface area contributed by atoms with E-state index < -0.39 is 5.41 Å². The molecule has 0 bridgehead atoms. The standard InChI is InChI=1S/C23H33N3O2/c1-17(2)15-24-9-11-25(12-10-24)22(28)23(19-6-4-5-18(3)13-19)14-20-7-8-21(27)26(20)16-23/h4-6,13,17,20H,7-12,14-16H2,1-3H3/t20-,23-/m0/s1. The first-order chi connectivity index (χ1) is 13.4. The maximum Gasteiger partial charge on any atom is 0.235 e. The number of benzene rings is 1. The van der Waals surface area contributed by atoms with Gasteiger partial charge in [0.2, 0.25) is 11.8 Å². The summed E-state index contributed by atoms with van der Waals surface area (Å²) in [6.45, 7) is 11.7. The van der Waals surface area contributed by atoms with E-state index in [-0.39, 0.29) is 17.9 Å². The fourth-order valence-corrected chi connectivity index (χ4v) is 5.36. The number of aryl methyl sites for hydroxylation is 1. The molecule has 3 aliphatic heterocycles. The van der Waals surface area contributed by atoms with Crippen molar-refractivity contribution in [2.24, 2.45) is 5.92 Å². The summed E-state index contributed by atoms with van der Waals surface area (Å²) in [5.41, 5.74) is 1.68. The Balaban J connectivity index is 1.58. The molecule has 3 aliphatic rings. The molecule has 3 heterocycles. The number of amides is 2. The summed E-state index contributed by atoms with van der Waals surface area (Å²) >= 11 is 0. The molecule has 1 aromatic rings. The summed E-state index contributed by atoms with van der Waals surface area (Å²) < 4.78 is 0. The zero-order valence-electron chi connectivity index (χ0n) is 17.5. The van der Waals surface area contributed by atoms with E-state index in [1.165, 1.54) is 5.56 Å². The minimum absolute atomic E-state index is 0.217. The molecule has 0 radical (unpaired) electrons. The molecule has 5 nitrogen and oxygen atoms in total. The van der Waals surface area contributed by atoms with Crippen molar-refractivity contribution in [1.82, 2.24) is 14.7 Å². The topological polar surface area (TPSA) is 43.9 Å². The second kappa shape index (κ2) is 7.51. The van der Waals surface area contributed by atoms with E-state index in [0.717, 1.165) is 51.1 Å². The molecule has 0 unspecified atom stereocenters. The van der Waals surface area contributed by atoms with Crippen molar-refractivity contribution in [2.75, 3.05) is 39.3 Å². The molecule has 0 aliphatic carbocycles. The summed E-state index contributed by atoms with van der Waals surface area (Å²) in [7, 11) is 0. The molecular weight excluding hydrogens is 350 g/mol. The van der Waals surface area contributed by atoms with Crippen molar-refractivity contribution in [3.63, 3.8) is 0 Å². The molecule has 5 heteroatoms. The van der Waals surface area contributed by atoms with Gasteiger partial charge in [0.05, 0.1) is 5.41 Å². The van der Waals surface area contributed by atoms with Crippen LogP contribution in [0.3, 0.4) is 0 Å². The third-order valence-corrected chi connectivity index (χ3v) is 6.74. The molecular formula is C23H33N3O2. The van der Waals surface area contributed by atoms with Crippen LogP contribution >= 0.6 is 0 Å². The van der Waals surface area contributed by atoms with Crippen LogP contribution in [-0.2, 0) is 15.0 Å². The van der Waals surface area contributed by atoms with E-state index in [4.69, 9.17) is 0 Å². The number of nitrogens with zero attached hydrogens (tertiary/aromatic N) is 3. The van der Waals surface area contributed by atoms with Gasteiger partial charge in [0.25, 0.3) is 0 Å². The second-order valence-electron chi connectivity index (χ2n) is 9.36. The monoisotopic (exact) mass is 383 g/mol. The molecule has 0 N–H and O–H groups in total. The predicted octanol–water partition coefficient (Wildman–Crippen LogP) is 2.43. The first-order valence-corrected chi connectivity index (χ1v) is 10.8. The minimum Gasteiger partial charge on any atom is -0.339 e. The largest absolute Gasteiger partial charge is 0.339 e. The van der Waals surface area contributed by atoms with Gasteiger partial charge < -0.3 is 9.80 Å². The first kappa shape index (κ1) is 19.4.